The van der Waals surface area contributed by atoms with Gasteiger partial charge in [-0.3, -0.25) is 0 Å². The lowest BCUT2D eigenvalue weighted by atomic mass is 10.1. The molecular weight excluding hydrogens is 291 g/mol. The van der Waals surface area contributed by atoms with E-state index in [4.69, 9.17) is 0 Å². The Bertz CT molecular complexity index is 607. The monoisotopic (exact) mass is 314 g/mol. The van der Waals surface area contributed by atoms with Crippen LogP contribution in [0.25, 0.3) is 0 Å². The molecule has 1 aromatic carbocycles. The number of benzene rings is 1. The molecule has 3 rings (SSSR count). The number of nitrogens with one attached hydrogen (secondary N) is 1. The van der Waals surface area contributed by atoms with Gasteiger partial charge >= 0.3 is 0 Å². The number of aromatic nitrogens is 2. The van der Waals surface area contributed by atoms with Crippen molar-refractivity contribution in [1.82, 2.24) is 9.97 Å². The van der Waals surface area contributed by atoms with Crippen molar-refractivity contribution in [2.75, 3.05) is 29.9 Å². The lowest BCUT2D eigenvalue weighted by Gasteiger charge is -2.21. The first-order valence-corrected chi connectivity index (χ1v) is 8.36. The molecule has 23 heavy (non-hydrogen) atoms. The Morgan fingerprint density at radius 2 is 1.74 bits per heavy atom. The summed E-state index contributed by atoms with van der Waals surface area (Å²) in [5.41, 5.74) is 1.11. The molecule has 0 atom stereocenters. The molecule has 2 heterocycles. The fourth-order valence-corrected chi connectivity index (χ4v) is 2.90. The highest BCUT2D eigenvalue weighted by Gasteiger charge is 2.11. The van der Waals surface area contributed by atoms with Crippen LogP contribution in [0.4, 0.5) is 16.0 Å². The zero-order valence-electron chi connectivity index (χ0n) is 13.3. The summed E-state index contributed by atoms with van der Waals surface area (Å²) in [5, 5.41) is 3.33. The normalized spacial score (nSPS) is 15.3. The Morgan fingerprint density at radius 1 is 1.00 bits per heavy atom. The van der Waals surface area contributed by atoms with E-state index >= 15 is 0 Å². The molecule has 0 spiro atoms. The molecule has 1 aliphatic heterocycles. The van der Waals surface area contributed by atoms with Crippen molar-refractivity contribution in [3.63, 3.8) is 0 Å². The minimum absolute atomic E-state index is 0.195. The number of hydrogen-bond acceptors (Lipinski definition) is 4. The van der Waals surface area contributed by atoms with E-state index in [9.17, 15) is 4.39 Å². The first-order chi connectivity index (χ1) is 11.3. The summed E-state index contributed by atoms with van der Waals surface area (Å²) in [6.45, 7) is 2.92. The van der Waals surface area contributed by atoms with Gasteiger partial charge in [-0.25, -0.2) is 14.4 Å². The molecule has 1 fully saturated rings. The Kier molecular flexibility index (Phi) is 5.40. The number of halogens is 1. The third kappa shape index (κ3) is 4.65. The molecule has 0 amide bonds. The van der Waals surface area contributed by atoms with Crippen LogP contribution in [0.15, 0.2) is 36.7 Å². The number of nitrogens with zero attached hydrogens (tertiary/aromatic N) is 3. The van der Waals surface area contributed by atoms with Crippen LogP contribution in [0, 0.1) is 5.82 Å². The van der Waals surface area contributed by atoms with Gasteiger partial charge in [-0.05, 0) is 37.0 Å². The summed E-state index contributed by atoms with van der Waals surface area (Å²) in [4.78, 5) is 11.1. The Balaban J connectivity index is 1.55. The van der Waals surface area contributed by atoms with Crippen molar-refractivity contribution in [3.8, 4) is 0 Å². The van der Waals surface area contributed by atoms with Crippen LogP contribution in [0.2, 0.25) is 0 Å². The van der Waals surface area contributed by atoms with Gasteiger partial charge in [-0.1, -0.05) is 25.0 Å². The van der Waals surface area contributed by atoms with Gasteiger partial charge in [0.25, 0.3) is 0 Å². The quantitative estimate of drug-likeness (QED) is 0.914. The van der Waals surface area contributed by atoms with E-state index in [2.05, 4.69) is 20.2 Å². The standard InChI is InChI=1S/C18H23FN4/c19-16-7-5-15(6-8-16)9-10-20-17-13-18(22-14-21-17)23-11-3-1-2-4-12-23/h5-8,13-14H,1-4,9-12H2,(H,20,21,22). The second-order valence-corrected chi connectivity index (χ2v) is 5.97. The molecule has 0 bridgehead atoms. The number of hydrogen-bond donors (Lipinski definition) is 1. The van der Waals surface area contributed by atoms with Gasteiger partial charge in [0.15, 0.2) is 0 Å². The zero-order chi connectivity index (χ0) is 15.9. The van der Waals surface area contributed by atoms with Crippen LogP contribution >= 0.6 is 0 Å². The van der Waals surface area contributed by atoms with Crippen molar-refractivity contribution >= 4 is 11.6 Å². The molecule has 1 N–H and O–H groups in total. The maximum Gasteiger partial charge on any atom is 0.134 e. The molecule has 1 saturated heterocycles. The van der Waals surface area contributed by atoms with Gasteiger partial charge in [-0.2, -0.15) is 0 Å². The summed E-state index contributed by atoms with van der Waals surface area (Å²) in [7, 11) is 0. The van der Waals surface area contributed by atoms with Crippen LogP contribution in [0.5, 0.6) is 0 Å². The fraction of sp³-hybridized carbons (Fsp3) is 0.444. The van der Waals surface area contributed by atoms with Gasteiger partial charge in [0, 0.05) is 25.7 Å². The Labute approximate surface area is 136 Å². The van der Waals surface area contributed by atoms with E-state index in [0.29, 0.717) is 0 Å². The highest BCUT2D eigenvalue weighted by atomic mass is 19.1. The van der Waals surface area contributed by atoms with Gasteiger partial charge in [-0.15, -0.1) is 0 Å². The highest BCUT2D eigenvalue weighted by Crippen LogP contribution is 2.19. The van der Waals surface area contributed by atoms with Crippen LogP contribution in [-0.4, -0.2) is 29.6 Å². The molecule has 5 heteroatoms. The van der Waals surface area contributed by atoms with Crippen molar-refractivity contribution in [2.24, 2.45) is 0 Å². The predicted octanol–water partition coefficient (Wildman–Crippen LogP) is 3.65. The van der Waals surface area contributed by atoms with Gasteiger partial charge in [0.2, 0.25) is 0 Å². The fourth-order valence-electron chi connectivity index (χ4n) is 2.90. The smallest absolute Gasteiger partial charge is 0.134 e. The first-order valence-electron chi connectivity index (χ1n) is 8.36. The van der Waals surface area contributed by atoms with E-state index in [1.165, 1.54) is 37.8 Å². The van der Waals surface area contributed by atoms with E-state index in [1.807, 2.05) is 18.2 Å². The van der Waals surface area contributed by atoms with Crippen LogP contribution in [-0.2, 0) is 6.42 Å². The van der Waals surface area contributed by atoms with Crippen LogP contribution in [0.1, 0.15) is 31.2 Å². The largest absolute Gasteiger partial charge is 0.370 e. The molecule has 1 aromatic heterocycles. The van der Waals surface area contributed by atoms with Crippen molar-refractivity contribution in [3.05, 3.63) is 48.0 Å². The number of anilines is 2. The van der Waals surface area contributed by atoms with Gasteiger partial charge < -0.3 is 10.2 Å². The second-order valence-electron chi connectivity index (χ2n) is 5.97. The second kappa shape index (κ2) is 7.90. The molecule has 0 unspecified atom stereocenters. The molecule has 2 aromatic rings. The van der Waals surface area contributed by atoms with Crippen molar-refractivity contribution in [2.45, 2.75) is 32.1 Å². The van der Waals surface area contributed by atoms with E-state index < -0.39 is 0 Å². The van der Waals surface area contributed by atoms with E-state index in [-0.39, 0.29) is 5.82 Å². The average Bonchev–Trinajstić information content (AvgIpc) is 2.86. The summed E-state index contributed by atoms with van der Waals surface area (Å²) < 4.78 is 12.9. The number of rotatable bonds is 5. The molecule has 122 valence electrons. The lowest BCUT2D eigenvalue weighted by molar-refractivity contribution is 0.627. The van der Waals surface area contributed by atoms with Gasteiger partial charge in [0.1, 0.15) is 23.8 Å². The molecule has 0 radical (unpaired) electrons. The Morgan fingerprint density at radius 3 is 2.48 bits per heavy atom. The molecule has 0 aliphatic carbocycles. The molecular formula is C18H23FN4. The van der Waals surface area contributed by atoms with Gasteiger partial charge in [0.05, 0.1) is 0 Å². The third-order valence-corrected chi connectivity index (χ3v) is 4.22. The maximum absolute atomic E-state index is 12.9. The first kappa shape index (κ1) is 15.7. The van der Waals surface area contributed by atoms with Crippen LogP contribution < -0.4 is 10.2 Å². The van der Waals surface area contributed by atoms with Crippen molar-refractivity contribution in [1.29, 1.82) is 0 Å². The summed E-state index contributed by atoms with van der Waals surface area (Å²) >= 11 is 0. The third-order valence-electron chi connectivity index (χ3n) is 4.22. The summed E-state index contributed by atoms with van der Waals surface area (Å²) in [6, 6.07) is 8.66. The minimum atomic E-state index is -0.195. The highest BCUT2D eigenvalue weighted by molar-refractivity contribution is 5.48. The lowest BCUT2D eigenvalue weighted by Crippen LogP contribution is -2.25. The zero-order valence-corrected chi connectivity index (χ0v) is 13.3. The topological polar surface area (TPSA) is 41.0 Å². The van der Waals surface area contributed by atoms with Crippen molar-refractivity contribution < 1.29 is 4.39 Å². The maximum atomic E-state index is 12.9. The molecule has 4 nitrogen and oxygen atoms in total. The van der Waals surface area contributed by atoms with E-state index in [0.717, 1.165) is 43.3 Å². The molecule has 1 aliphatic rings. The Hall–Kier alpha value is -2.17. The SMILES string of the molecule is Fc1ccc(CCNc2cc(N3CCCCCC3)ncn2)cc1. The minimum Gasteiger partial charge on any atom is -0.370 e. The summed E-state index contributed by atoms with van der Waals surface area (Å²) in [5.74, 6) is 1.66. The van der Waals surface area contributed by atoms with E-state index in [1.54, 1.807) is 6.33 Å². The molecule has 0 saturated carbocycles. The average molecular weight is 314 g/mol. The summed E-state index contributed by atoms with van der Waals surface area (Å²) in [6.07, 6.45) is 7.55. The van der Waals surface area contributed by atoms with Crippen LogP contribution in [0.3, 0.4) is 0 Å². The predicted molar refractivity (Wildman–Crippen MR) is 91.3 cm³/mol.